The average Bonchev–Trinajstić information content (AvgIpc) is 2.60. The maximum absolute atomic E-state index is 11.3. The van der Waals surface area contributed by atoms with Crippen LogP contribution in [0.2, 0.25) is 0 Å². The number of amides is 1. The van der Waals surface area contributed by atoms with Gasteiger partial charge in [-0.05, 0) is 24.0 Å². The molecule has 1 saturated heterocycles. The summed E-state index contributed by atoms with van der Waals surface area (Å²) in [5, 5.41) is 3.13. The Morgan fingerprint density at radius 2 is 2.07 bits per heavy atom. The maximum Gasteiger partial charge on any atom is 0.231 e. The first-order valence-electron chi connectivity index (χ1n) is 5.29. The number of hydrogen-bond acceptors (Lipinski definition) is 2. The third kappa shape index (κ3) is 1.55. The fraction of sp³-hybridized carbons (Fsp3) is 0.417. The molecule has 78 valence electrons. The molecule has 0 radical (unpaired) electrons. The zero-order valence-corrected chi connectivity index (χ0v) is 9.27. The molecule has 2 aliphatic rings. The van der Waals surface area contributed by atoms with Crippen molar-refractivity contribution in [1.29, 1.82) is 0 Å². The van der Waals surface area contributed by atoms with E-state index in [2.05, 4.69) is 29.6 Å². The summed E-state index contributed by atoms with van der Waals surface area (Å²) in [7, 11) is 0. The summed E-state index contributed by atoms with van der Waals surface area (Å²) in [6.45, 7) is 0. The van der Waals surface area contributed by atoms with Crippen LogP contribution in [-0.2, 0) is 17.6 Å². The number of nitrogens with one attached hydrogen (secondary N) is 1. The minimum Gasteiger partial charge on any atom is -0.341 e. The van der Waals surface area contributed by atoms with Gasteiger partial charge in [0.25, 0.3) is 0 Å². The van der Waals surface area contributed by atoms with Gasteiger partial charge in [0.15, 0.2) is 0 Å². The molecule has 0 aromatic heterocycles. The molecule has 1 aliphatic carbocycles. The molecule has 15 heavy (non-hydrogen) atoms. The van der Waals surface area contributed by atoms with Gasteiger partial charge in [-0.3, -0.25) is 4.79 Å². The van der Waals surface area contributed by atoms with Crippen LogP contribution >= 0.6 is 11.8 Å². The summed E-state index contributed by atoms with van der Waals surface area (Å²) in [6, 6.07) is 8.56. The Bertz CT molecular complexity index is 418. The van der Waals surface area contributed by atoms with Crippen molar-refractivity contribution in [2.75, 3.05) is 5.75 Å². The van der Waals surface area contributed by atoms with Crippen molar-refractivity contribution in [3.63, 3.8) is 0 Å². The average molecular weight is 219 g/mol. The Kier molecular flexibility index (Phi) is 2.02. The van der Waals surface area contributed by atoms with E-state index in [1.807, 2.05) is 0 Å². The van der Waals surface area contributed by atoms with E-state index in [9.17, 15) is 4.79 Å². The molecule has 1 N–H and O–H groups in total. The third-order valence-electron chi connectivity index (χ3n) is 3.24. The molecule has 0 saturated carbocycles. The van der Waals surface area contributed by atoms with Crippen LogP contribution in [0.15, 0.2) is 24.3 Å². The largest absolute Gasteiger partial charge is 0.341 e. The summed E-state index contributed by atoms with van der Waals surface area (Å²) < 4.78 is 0. The van der Waals surface area contributed by atoms with E-state index >= 15 is 0 Å². The smallest absolute Gasteiger partial charge is 0.231 e. The molecule has 1 atom stereocenters. The van der Waals surface area contributed by atoms with Crippen molar-refractivity contribution in [2.24, 2.45) is 0 Å². The van der Waals surface area contributed by atoms with E-state index in [4.69, 9.17) is 0 Å². The van der Waals surface area contributed by atoms with Gasteiger partial charge in [-0.2, -0.15) is 0 Å². The zero-order chi connectivity index (χ0) is 10.3. The molecule has 1 heterocycles. The molecule has 1 aromatic carbocycles. The maximum atomic E-state index is 11.3. The standard InChI is InChI=1S/C12H13NOS/c14-11-8-15-12(13-11)6-5-9-3-1-2-4-10(9)7-12/h1-4H,5-8H2,(H,13,14). The first-order valence-corrected chi connectivity index (χ1v) is 6.28. The number of aryl methyl sites for hydroxylation is 1. The van der Waals surface area contributed by atoms with Crippen LogP contribution in [0.3, 0.4) is 0 Å². The van der Waals surface area contributed by atoms with E-state index in [1.165, 1.54) is 11.1 Å². The topological polar surface area (TPSA) is 29.1 Å². The highest BCUT2D eigenvalue weighted by atomic mass is 32.2. The number of fused-ring (bicyclic) bond motifs is 1. The van der Waals surface area contributed by atoms with Crippen LogP contribution < -0.4 is 5.32 Å². The highest BCUT2D eigenvalue weighted by Crippen LogP contribution is 2.39. The van der Waals surface area contributed by atoms with E-state index in [0.29, 0.717) is 5.75 Å². The van der Waals surface area contributed by atoms with Crippen LogP contribution in [-0.4, -0.2) is 16.5 Å². The fourth-order valence-corrected chi connectivity index (χ4v) is 3.64. The first-order chi connectivity index (χ1) is 7.27. The Balaban J connectivity index is 1.92. The van der Waals surface area contributed by atoms with Gasteiger partial charge in [-0.1, -0.05) is 24.3 Å². The summed E-state index contributed by atoms with van der Waals surface area (Å²) in [5.41, 5.74) is 2.85. The number of benzene rings is 1. The quantitative estimate of drug-likeness (QED) is 0.720. The number of thioether (sulfide) groups is 1. The Labute approximate surface area is 93.4 Å². The highest BCUT2D eigenvalue weighted by Gasteiger charge is 2.40. The Morgan fingerprint density at radius 1 is 1.27 bits per heavy atom. The molecule has 1 aliphatic heterocycles. The second-order valence-corrected chi connectivity index (χ2v) is 5.64. The van der Waals surface area contributed by atoms with Gasteiger partial charge in [0.1, 0.15) is 0 Å². The molecular formula is C12H13NOS. The van der Waals surface area contributed by atoms with Crippen LogP contribution in [0.25, 0.3) is 0 Å². The van der Waals surface area contributed by atoms with Crippen LogP contribution in [0.4, 0.5) is 0 Å². The van der Waals surface area contributed by atoms with Crippen LogP contribution in [0.1, 0.15) is 17.5 Å². The van der Waals surface area contributed by atoms with E-state index in [1.54, 1.807) is 11.8 Å². The van der Waals surface area contributed by atoms with Gasteiger partial charge in [-0.15, -0.1) is 11.8 Å². The number of carbonyl (C=O) groups excluding carboxylic acids is 1. The molecule has 1 amide bonds. The Morgan fingerprint density at radius 3 is 2.80 bits per heavy atom. The van der Waals surface area contributed by atoms with Gasteiger partial charge >= 0.3 is 0 Å². The molecule has 2 nitrogen and oxygen atoms in total. The molecule has 0 bridgehead atoms. The van der Waals surface area contributed by atoms with E-state index in [-0.39, 0.29) is 10.8 Å². The normalized spacial score (nSPS) is 28.9. The Hall–Kier alpha value is -0.960. The molecule has 3 heteroatoms. The predicted octanol–water partition coefficient (Wildman–Crippen LogP) is 1.73. The lowest BCUT2D eigenvalue weighted by molar-refractivity contribution is -0.118. The minimum absolute atomic E-state index is 0.00539. The molecule has 1 unspecified atom stereocenters. The van der Waals surface area contributed by atoms with Gasteiger partial charge in [0.2, 0.25) is 5.91 Å². The lowest BCUT2D eigenvalue weighted by atomic mass is 9.88. The number of hydrogen-bond donors (Lipinski definition) is 1. The monoisotopic (exact) mass is 219 g/mol. The van der Waals surface area contributed by atoms with Crippen LogP contribution in [0, 0.1) is 0 Å². The summed E-state index contributed by atoms with van der Waals surface area (Å²) in [5.74, 6) is 0.821. The number of rotatable bonds is 0. The first kappa shape index (κ1) is 9.28. The van der Waals surface area contributed by atoms with E-state index in [0.717, 1.165) is 19.3 Å². The lowest BCUT2D eigenvalue weighted by Crippen LogP contribution is -2.44. The van der Waals surface area contributed by atoms with Crippen molar-refractivity contribution in [1.82, 2.24) is 5.32 Å². The molecule has 1 spiro atoms. The second kappa shape index (κ2) is 3.27. The number of carbonyl (C=O) groups is 1. The van der Waals surface area contributed by atoms with Crippen molar-refractivity contribution in [3.8, 4) is 0 Å². The highest BCUT2D eigenvalue weighted by molar-refractivity contribution is 8.01. The van der Waals surface area contributed by atoms with Gasteiger partial charge in [0, 0.05) is 6.42 Å². The van der Waals surface area contributed by atoms with Gasteiger partial charge in [0.05, 0.1) is 10.6 Å². The lowest BCUT2D eigenvalue weighted by Gasteiger charge is -2.33. The second-order valence-electron chi connectivity index (χ2n) is 4.28. The molecule has 3 rings (SSSR count). The predicted molar refractivity (Wildman–Crippen MR) is 61.8 cm³/mol. The van der Waals surface area contributed by atoms with Gasteiger partial charge in [-0.25, -0.2) is 0 Å². The molecular weight excluding hydrogens is 206 g/mol. The zero-order valence-electron chi connectivity index (χ0n) is 8.45. The minimum atomic E-state index is 0.00539. The fourth-order valence-electron chi connectivity index (χ4n) is 2.47. The summed E-state index contributed by atoms with van der Waals surface area (Å²) in [4.78, 5) is 11.3. The summed E-state index contributed by atoms with van der Waals surface area (Å²) >= 11 is 1.78. The molecule has 1 fully saturated rings. The van der Waals surface area contributed by atoms with Crippen molar-refractivity contribution < 1.29 is 4.79 Å². The van der Waals surface area contributed by atoms with Crippen LogP contribution in [0.5, 0.6) is 0 Å². The summed E-state index contributed by atoms with van der Waals surface area (Å²) in [6.07, 6.45) is 3.14. The third-order valence-corrected chi connectivity index (χ3v) is 4.65. The van der Waals surface area contributed by atoms with E-state index < -0.39 is 0 Å². The SMILES string of the molecule is O=C1CSC2(CCc3ccccc3C2)N1. The van der Waals surface area contributed by atoms with Gasteiger partial charge < -0.3 is 5.32 Å². The molecule has 1 aromatic rings. The van der Waals surface area contributed by atoms with Crippen molar-refractivity contribution >= 4 is 17.7 Å². The van der Waals surface area contributed by atoms with Crippen molar-refractivity contribution in [3.05, 3.63) is 35.4 Å². The van der Waals surface area contributed by atoms with Crippen molar-refractivity contribution in [2.45, 2.75) is 24.1 Å².